The maximum atomic E-state index is 13.5. The molecule has 0 saturated carbocycles. The second-order valence-electron chi connectivity index (χ2n) is 11.3. The first-order chi connectivity index (χ1) is 22.1. The average molecular weight is 631 g/mol. The zero-order valence-electron chi connectivity index (χ0n) is 25.8. The van der Waals surface area contributed by atoms with Crippen molar-refractivity contribution in [1.82, 2.24) is 0 Å². The fraction of sp³-hybridized carbons (Fsp3) is 0.343. The predicted molar refractivity (Wildman–Crippen MR) is 164 cm³/mol. The number of fused-ring (bicyclic) bond motifs is 2. The van der Waals surface area contributed by atoms with Gasteiger partial charge in [-0.1, -0.05) is 12.2 Å². The summed E-state index contributed by atoms with van der Waals surface area (Å²) < 4.78 is 27.0. The molecule has 3 aromatic rings. The number of benzene rings is 2. The summed E-state index contributed by atoms with van der Waals surface area (Å²) in [6, 6.07) is 9.05. The molecule has 0 fully saturated rings. The number of methoxy groups -OCH3 is 2. The first-order valence-corrected chi connectivity index (χ1v) is 15.0. The van der Waals surface area contributed by atoms with Gasteiger partial charge in [-0.05, 0) is 74.6 Å². The van der Waals surface area contributed by atoms with E-state index in [4.69, 9.17) is 23.4 Å². The standard InChI is InChI=1S/C35H34O11/c1-19-8-7-11-24(36)10-6-4-5-9-20-17-28-31(32(38)30(20)35(41)44-19)25(18-29(37)46-28)27-13-12-26(45-27)21-14-22(33(39)42-2)16-23(15-21)34(40)43-3/h5,9,12-17,19,25,38H,4,6-8,10-11,18H2,1-3H3/t19-,25+/m0/s1. The summed E-state index contributed by atoms with van der Waals surface area (Å²) in [6.45, 7) is 1.73. The maximum absolute atomic E-state index is 13.5. The number of furan rings is 1. The quantitative estimate of drug-likeness (QED) is 0.200. The molecule has 2 aliphatic heterocycles. The summed E-state index contributed by atoms with van der Waals surface area (Å²) in [4.78, 5) is 63.1. The highest BCUT2D eigenvalue weighted by Crippen LogP contribution is 2.48. The highest BCUT2D eigenvalue weighted by atomic mass is 16.5. The normalized spacial score (nSPS) is 18.8. The van der Waals surface area contributed by atoms with E-state index in [-0.39, 0.29) is 51.7 Å². The van der Waals surface area contributed by atoms with Gasteiger partial charge in [0.2, 0.25) is 0 Å². The number of ether oxygens (including phenoxy) is 4. The number of ketones is 1. The van der Waals surface area contributed by atoms with Crippen LogP contribution in [0.2, 0.25) is 0 Å². The molecule has 0 spiro atoms. The van der Waals surface area contributed by atoms with Crippen molar-refractivity contribution in [3.63, 3.8) is 0 Å². The van der Waals surface area contributed by atoms with Crippen LogP contribution in [0.25, 0.3) is 17.4 Å². The third kappa shape index (κ3) is 6.88. The first-order valence-electron chi connectivity index (χ1n) is 15.0. The largest absolute Gasteiger partial charge is 0.507 e. The lowest BCUT2D eigenvalue weighted by Crippen LogP contribution is -2.23. The second kappa shape index (κ2) is 13.8. The summed E-state index contributed by atoms with van der Waals surface area (Å²) in [5.74, 6) is -3.13. The van der Waals surface area contributed by atoms with Gasteiger partial charge in [0.15, 0.2) is 0 Å². The lowest BCUT2D eigenvalue weighted by atomic mass is 9.86. The number of Topliss-reactive ketones (excluding diaryl/α,β-unsaturated/α-hetero) is 1. The Labute approximate surface area is 265 Å². The van der Waals surface area contributed by atoms with Crippen LogP contribution in [0.3, 0.4) is 0 Å². The monoisotopic (exact) mass is 630 g/mol. The molecule has 0 radical (unpaired) electrons. The van der Waals surface area contributed by atoms with E-state index < -0.39 is 41.6 Å². The Hall–Kier alpha value is -5.19. The molecule has 0 amide bonds. The van der Waals surface area contributed by atoms with Gasteiger partial charge in [0.1, 0.15) is 34.4 Å². The van der Waals surface area contributed by atoms with Gasteiger partial charge in [0.05, 0.1) is 43.8 Å². The Morgan fingerprint density at radius 3 is 2.33 bits per heavy atom. The van der Waals surface area contributed by atoms with Crippen LogP contribution in [0.1, 0.15) is 106 Å². The number of carbonyl (C=O) groups excluding carboxylic acids is 5. The molecule has 11 heteroatoms. The molecule has 5 rings (SSSR count). The summed E-state index contributed by atoms with van der Waals surface area (Å²) >= 11 is 0. The van der Waals surface area contributed by atoms with Crippen molar-refractivity contribution in [3.05, 3.63) is 76.1 Å². The van der Waals surface area contributed by atoms with Gasteiger partial charge < -0.3 is 28.5 Å². The number of phenolic OH excluding ortho intramolecular Hbond substituents is 1. The molecule has 1 aromatic heterocycles. The SMILES string of the molecule is COC(=O)c1cc(C(=O)OC)cc(-c2ccc([C@H]3CC(=O)Oc4cc5c(c(O)c43)C(=O)O[C@@H](C)CCCC(=O)CCCC=C5)o2)c1. The van der Waals surface area contributed by atoms with Crippen molar-refractivity contribution >= 4 is 35.7 Å². The third-order valence-corrected chi connectivity index (χ3v) is 8.01. The molecular weight excluding hydrogens is 596 g/mol. The number of cyclic esters (lactones) is 1. The summed E-state index contributed by atoms with van der Waals surface area (Å²) in [5.41, 5.74) is 0.975. The van der Waals surface area contributed by atoms with Crippen LogP contribution in [-0.2, 0) is 23.8 Å². The molecule has 0 saturated heterocycles. The van der Waals surface area contributed by atoms with Crippen LogP contribution in [0, 0.1) is 0 Å². The van der Waals surface area contributed by atoms with E-state index in [2.05, 4.69) is 0 Å². The fourth-order valence-electron chi connectivity index (χ4n) is 5.70. The van der Waals surface area contributed by atoms with Crippen LogP contribution in [0.5, 0.6) is 11.5 Å². The van der Waals surface area contributed by atoms with Crippen molar-refractivity contribution in [2.75, 3.05) is 14.2 Å². The minimum Gasteiger partial charge on any atom is -0.507 e. The van der Waals surface area contributed by atoms with Gasteiger partial charge in [-0.25, -0.2) is 14.4 Å². The zero-order valence-corrected chi connectivity index (χ0v) is 25.8. The maximum Gasteiger partial charge on any atom is 0.342 e. The van der Waals surface area contributed by atoms with Gasteiger partial charge in [0.25, 0.3) is 0 Å². The fourth-order valence-corrected chi connectivity index (χ4v) is 5.70. The van der Waals surface area contributed by atoms with Gasteiger partial charge in [-0.2, -0.15) is 0 Å². The highest BCUT2D eigenvalue weighted by molar-refractivity contribution is 5.99. The van der Waals surface area contributed by atoms with Crippen LogP contribution >= 0.6 is 0 Å². The van der Waals surface area contributed by atoms with E-state index in [0.29, 0.717) is 49.7 Å². The van der Waals surface area contributed by atoms with Crippen molar-refractivity contribution in [1.29, 1.82) is 0 Å². The number of esters is 4. The zero-order chi connectivity index (χ0) is 33.0. The van der Waals surface area contributed by atoms with Crippen LogP contribution < -0.4 is 4.74 Å². The molecule has 1 N–H and O–H groups in total. The Morgan fingerprint density at radius 2 is 1.63 bits per heavy atom. The van der Waals surface area contributed by atoms with Crippen LogP contribution in [0.4, 0.5) is 0 Å². The number of hydrogen-bond acceptors (Lipinski definition) is 11. The minimum absolute atomic E-state index is 0.0675. The van der Waals surface area contributed by atoms with Gasteiger partial charge in [0, 0.05) is 24.0 Å². The van der Waals surface area contributed by atoms with Gasteiger partial charge in [-0.15, -0.1) is 0 Å². The predicted octanol–water partition coefficient (Wildman–Crippen LogP) is 6.15. The Morgan fingerprint density at radius 1 is 0.935 bits per heavy atom. The summed E-state index contributed by atoms with van der Waals surface area (Å²) in [6.07, 6.45) is 5.87. The molecule has 0 aliphatic carbocycles. The molecular formula is C35H34O11. The number of hydrogen-bond donors (Lipinski definition) is 1. The molecule has 240 valence electrons. The van der Waals surface area contributed by atoms with E-state index >= 15 is 0 Å². The van der Waals surface area contributed by atoms with Crippen molar-refractivity contribution in [2.45, 2.75) is 63.9 Å². The summed E-state index contributed by atoms with van der Waals surface area (Å²) in [5, 5.41) is 11.7. The molecule has 46 heavy (non-hydrogen) atoms. The molecule has 0 bridgehead atoms. The molecule has 2 aliphatic rings. The van der Waals surface area contributed by atoms with Crippen LogP contribution in [-0.4, -0.2) is 55.1 Å². The van der Waals surface area contributed by atoms with Crippen molar-refractivity contribution in [2.24, 2.45) is 0 Å². The second-order valence-corrected chi connectivity index (χ2v) is 11.3. The number of aromatic hydroxyl groups is 1. The average Bonchev–Trinajstić information content (AvgIpc) is 3.53. The van der Waals surface area contributed by atoms with E-state index in [9.17, 15) is 29.1 Å². The molecule has 3 heterocycles. The number of carbonyl (C=O) groups is 5. The Kier molecular flexibility index (Phi) is 9.69. The number of phenols is 1. The third-order valence-electron chi connectivity index (χ3n) is 8.01. The molecule has 2 aromatic carbocycles. The minimum atomic E-state index is -0.840. The van der Waals surface area contributed by atoms with Crippen molar-refractivity contribution in [3.8, 4) is 22.8 Å². The molecule has 2 atom stereocenters. The molecule has 0 unspecified atom stereocenters. The van der Waals surface area contributed by atoms with Gasteiger partial charge >= 0.3 is 23.9 Å². The lowest BCUT2D eigenvalue weighted by Gasteiger charge is -2.26. The van der Waals surface area contributed by atoms with Crippen molar-refractivity contribution < 1.29 is 52.4 Å². The number of rotatable bonds is 4. The van der Waals surface area contributed by atoms with E-state index in [0.717, 1.165) is 0 Å². The van der Waals surface area contributed by atoms with Crippen LogP contribution in [0.15, 0.2) is 46.9 Å². The Balaban J connectivity index is 1.57. The topological polar surface area (TPSA) is 156 Å². The van der Waals surface area contributed by atoms with Gasteiger partial charge in [-0.3, -0.25) is 9.59 Å². The highest BCUT2D eigenvalue weighted by Gasteiger charge is 2.37. The lowest BCUT2D eigenvalue weighted by molar-refractivity contribution is -0.135. The van der Waals surface area contributed by atoms with E-state index in [1.807, 2.05) is 0 Å². The van der Waals surface area contributed by atoms with E-state index in [1.54, 1.807) is 31.2 Å². The Bertz CT molecular complexity index is 1690. The smallest absolute Gasteiger partial charge is 0.342 e. The molecule has 11 nitrogen and oxygen atoms in total. The first kappa shape index (κ1) is 32.2. The summed E-state index contributed by atoms with van der Waals surface area (Å²) in [7, 11) is 2.44. The van der Waals surface area contributed by atoms with E-state index in [1.165, 1.54) is 38.5 Å². The number of allylic oxidation sites excluding steroid dienone is 1.